The third-order valence-corrected chi connectivity index (χ3v) is 5.82. The van der Waals surface area contributed by atoms with Gasteiger partial charge in [0.25, 0.3) is 0 Å². The zero-order chi connectivity index (χ0) is 19.4. The molecule has 9 heteroatoms. The highest BCUT2D eigenvalue weighted by atomic mass is 16.7. The fourth-order valence-electron chi connectivity index (χ4n) is 3.85. The van der Waals surface area contributed by atoms with Gasteiger partial charge in [-0.2, -0.15) is 0 Å². The van der Waals surface area contributed by atoms with Gasteiger partial charge in [-0.15, -0.1) is 0 Å². The van der Waals surface area contributed by atoms with E-state index < -0.39 is 11.6 Å². The van der Waals surface area contributed by atoms with E-state index in [1.807, 2.05) is 0 Å². The lowest BCUT2D eigenvalue weighted by Crippen LogP contribution is -2.65. The SMILES string of the molecule is COC1(OC)CCC(CO)N(C(=O)N2CC(OC)(OC)CCC2CO)C1. The number of amides is 2. The molecule has 0 aromatic rings. The van der Waals surface area contributed by atoms with Gasteiger partial charge in [0.05, 0.1) is 38.4 Å². The molecular formula is C17H32N2O7. The minimum atomic E-state index is -0.897. The number of carbonyl (C=O) groups is 1. The quantitative estimate of drug-likeness (QED) is 0.629. The third kappa shape index (κ3) is 3.97. The molecule has 2 saturated heterocycles. The van der Waals surface area contributed by atoms with E-state index in [-0.39, 0.29) is 44.4 Å². The molecule has 0 spiro atoms. The van der Waals surface area contributed by atoms with Crippen molar-refractivity contribution in [3.05, 3.63) is 0 Å². The Labute approximate surface area is 154 Å². The fraction of sp³-hybridized carbons (Fsp3) is 0.941. The topological polar surface area (TPSA) is 101 Å². The first-order chi connectivity index (χ1) is 12.4. The number of carbonyl (C=O) groups excluding carboxylic acids is 1. The summed E-state index contributed by atoms with van der Waals surface area (Å²) in [6, 6.07) is -0.956. The Hall–Kier alpha value is -0.970. The number of hydrogen-bond donors (Lipinski definition) is 2. The van der Waals surface area contributed by atoms with E-state index in [1.54, 1.807) is 38.2 Å². The van der Waals surface area contributed by atoms with Gasteiger partial charge >= 0.3 is 6.03 Å². The minimum absolute atomic E-state index is 0.146. The van der Waals surface area contributed by atoms with E-state index >= 15 is 0 Å². The number of ether oxygens (including phenoxy) is 4. The van der Waals surface area contributed by atoms with Crippen LogP contribution in [0.3, 0.4) is 0 Å². The number of piperidine rings is 2. The predicted octanol–water partition coefficient (Wildman–Crippen LogP) is -0.00200. The number of aliphatic hydroxyl groups excluding tert-OH is 2. The maximum Gasteiger partial charge on any atom is 0.321 e. The zero-order valence-corrected chi connectivity index (χ0v) is 16.1. The van der Waals surface area contributed by atoms with Crippen LogP contribution in [0.1, 0.15) is 25.7 Å². The number of aliphatic hydroxyl groups is 2. The summed E-state index contributed by atoms with van der Waals surface area (Å²) >= 11 is 0. The Balaban J connectivity index is 2.26. The number of hydrogen-bond acceptors (Lipinski definition) is 7. The standard InChI is InChI=1S/C17H32N2O7/c1-23-16(24-2)7-5-13(9-20)18(11-16)15(22)19-12-17(25-3,26-4)8-6-14(19)10-21/h13-14,20-21H,5-12H2,1-4H3. The smallest absolute Gasteiger partial charge is 0.321 e. The van der Waals surface area contributed by atoms with E-state index in [9.17, 15) is 15.0 Å². The molecule has 9 nitrogen and oxygen atoms in total. The molecule has 0 saturated carbocycles. The summed E-state index contributed by atoms with van der Waals surface area (Å²) in [7, 11) is 6.18. The van der Waals surface area contributed by atoms with Gasteiger partial charge in [-0.1, -0.05) is 0 Å². The van der Waals surface area contributed by atoms with Crippen molar-refractivity contribution in [3.63, 3.8) is 0 Å². The normalized spacial score (nSPS) is 28.2. The zero-order valence-electron chi connectivity index (χ0n) is 16.1. The third-order valence-electron chi connectivity index (χ3n) is 5.82. The van der Waals surface area contributed by atoms with Crippen molar-refractivity contribution in [2.45, 2.75) is 49.3 Å². The van der Waals surface area contributed by atoms with Gasteiger partial charge in [-0.3, -0.25) is 0 Å². The van der Waals surface area contributed by atoms with Crippen molar-refractivity contribution >= 4 is 6.03 Å². The van der Waals surface area contributed by atoms with Crippen molar-refractivity contribution in [2.24, 2.45) is 0 Å². The van der Waals surface area contributed by atoms with E-state index in [1.165, 1.54) is 0 Å². The Bertz CT molecular complexity index is 428. The van der Waals surface area contributed by atoms with Crippen molar-refractivity contribution < 1.29 is 34.0 Å². The summed E-state index contributed by atoms with van der Waals surface area (Å²) in [4.78, 5) is 16.5. The number of methoxy groups -OCH3 is 4. The molecule has 0 aliphatic carbocycles. The molecule has 2 rings (SSSR count). The molecule has 0 aromatic heterocycles. The van der Waals surface area contributed by atoms with Gasteiger partial charge in [0.2, 0.25) is 0 Å². The highest BCUT2D eigenvalue weighted by Gasteiger charge is 2.47. The van der Waals surface area contributed by atoms with Crippen molar-refractivity contribution in [1.82, 2.24) is 9.80 Å². The van der Waals surface area contributed by atoms with Gasteiger partial charge in [0, 0.05) is 41.3 Å². The van der Waals surface area contributed by atoms with Crippen molar-refractivity contribution in [1.29, 1.82) is 0 Å². The highest BCUT2D eigenvalue weighted by Crippen LogP contribution is 2.33. The Kier molecular flexibility index (Phi) is 7.23. The van der Waals surface area contributed by atoms with Gasteiger partial charge < -0.3 is 39.0 Å². The maximum atomic E-state index is 13.3. The lowest BCUT2D eigenvalue weighted by atomic mass is 9.95. The summed E-state index contributed by atoms with van der Waals surface area (Å²) < 4.78 is 22.0. The van der Waals surface area contributed by atoms with Crippen LogP contribution in [-0.4, -0.2) is 104 Å². The van der Waals surface area contributed by atoms with Gasteiger partial charge in [0.15, 0.2) is 11.6 Å². The number of urea groups is 1. The molecular weight excluding hydrogens is 344 g/mol. The first-order valence-corrected chi connectivity index (χ1v) is 8.93. The molecule has 152 valence electrons. The van der Waals surface area contributed by atoms with Crippen LogP contribution in [0.15, 0.2) is 0 Å². The molecule has 2 fully saturated rings. The molecule has 0 bridgehead atoms. The molecule has 2 atom stereocenters. The molecule has 2 unspecified atom stereocenters. The molecule has 2 heterocycles. The van der Waals surface area contributed by atoms with E-state index in [2.05, 4.69) is 0 Å². The molecule has 2 amide bonds. The second kappa shape index (κ2) is 8.81. The van der Waals surface area contributed by atoms with Crippen LogP contribution in [0.25, 0.3) is 0 Å². The fourth-order valence-corrected chi connectivity index (χ4v) is 3.85. The lowest BCUT2D eigenvalue weighted by Gasteiger charge is -2.50. The molecule has 2 N–H and O–H groups in total. The van der Waals surface area contributed by atoms with Crippen LogP contribution < -0.4 is 0 Å². The number of rotatable bonds is 6. The lowest BCUT2D eigenvalue weighted by molar-refractivity contribution is -0.243. The second-order valence-corrected chi connectivity index (χ2v) is 6.93. The molecule has 2 aliphatic rings. The maximum absolute atomic E-state index is 13.3. The summed E-state index contributed by atoms with van der Waals surface area (Å²) in [5.41, 5.74) is 0. The summed E-state index contributed by atoms with van der Waals surface area (Å²) in [5.74, 6) is -1.79. The largest absolute Gasteiger partial charge is 0.394 e. The first kappa shape index (κ1) is 21.3. The highest BCUT2D eigenvalue weighted by molar-refractivity contribution is 5.75. The molecule has 0 aromatic carbocycles. The van der Waals surface area contributed by atoms with Crippen LogP contribution >= 0.6 is 0 Å². The average molecular weight is 376 g/mol. The van der Waals surface area contributed by atoms with Gasteiger partial charge in [-0.25, -0.2) is 4.79 Å². The van der Waals surface area contributed by atoms with Gasteiger partial charge in [-0.05, 0) is 12.8 Å². The minimum Gasteiger partial charge on any atom is -0.394 e. The molecule has 0 radical (unpaired) electrons. The summed E-state index contributed by atoms with van der Waals surface area (Å²) in [5, 5.41) is 19.5. The van der Waals surface area contributed by atoms with Crippen molar-refractivity contribution in [3.8, 4) is 0 Å². The first-order valence-electron chi connectivity index (χ1n) is 8.93. The second-order valence-electron chi connectivity index (χ2n) is 6.93. The predicted molar refractivity (Wildman–Crippen MR) is 92.5 cm³/mol. The van der Waals surface area contributed by atoms with Crippen LogP contribution in [-0.2, 0) is 18.9 Å². The van der Waals surface area contributed by atoms with Crippen LogP contribution in [0.4, 0.5) is 4.79 Å². The number of likely N-dealkylation sites (tertiary alicyclic amines) is 2. The van der Waals surface area contributed by atoms with Crippen molar-refractivity contribution in [2.75, 3.05) is 54.7 Å². The molecule has 26 heavy (non-hydrogen) atoms. The summed E-state index contributed by atoms with van der Waals surface area (Å²) in [6.07, 6.45) is 2.28. The van der Waals surface area contributed by atoms with E-state index in [0.29, 0.717) is 25.7 Å². The van der Waals surface area contributed by atoms with Crippen LogP contribution in [0.2, 0.25) is 0 Å². The van der Waals surface area contributed by atoms with Crippen LogP contribution in [0.5, 0.6) is 0 Å². The summed E-state index contributed by atoms with van der Waals surface area (Å²) in [6.45, 7) is 0.108. The van der Waals surface area contributed by atoms with E-state index in [4.69, 9.17) is 18.9 Å². The Morgan fingerprint density at radius 3 is 1.46 bits per heavy atom. The Morgan fingerprint density at radius 1 is 0.846 bits per heavy atom. The van der Waals surface area contributed by atoms with Crippen LogP contribution in [0, 0.1) is 0 Å². The average Bonchev–Trinajstić information content (AvgIpc) is 2.72. The molecule has 2 aliphatic heterocycles. The van der Waals surface area contributed by atoms with Gasteiger partial charge in [0.1, 0.15) is 0 Å². The Morgan fingerprint density at radius 2 is 1.19 bits per heavy atom. The monoisotopic (exact) mass is 376 g/mol. The number of nitrogens with zero attached hydrogens (tertiary/aromatic N) is 2. The van der Waals surface area contributed by atoms with E-state index in [0.717, 1.165) is 0 Å².